The number of hydrogen-bond donors (Lipinski definition) is 4. The van der Waals surface area contributed by atoms with Crippen LogP contribution in [-0.4, -0.2) is 34.2 Å². The highest BCUT2D eigenvalue weighted by atomic mass is 19.1. The number of carbonyl (C=O) groups is 1. The minimum atomic E-state index is -1.38. The summed E-state index contributed by atoms with van der Waals surface area (Å²) in [6, 6.07) is 11.5. The van der Waals surface area contributed by atoms with Gasteiger partial charge in [-0.25, -0.2) is 14.2 Å². The number of nitrogens with zero attached hydrogens (tertiary/aromatic N) is 2. The zero-order valence-electron chi connectivity index (χ0n) is 18.6. The maximum atomic E-state index is 14.3. The molecule has 1 unspecified atom stereocenters. The zero-order valence-corrected chi connectivity index (χ0v) is 18.6. The molecule has 1 aliphatic rings. The van der Waals surface area contributed by atoms with Crippen molar-refractivity contribution >= 4 is 23.4 Å². The van der Waals surface area contributed by atoms with Crippen LogP contribution in [0.2, 0.25) is 0 Å². The number of ether oxygens (including phenoxy) is 2. The number of hydrogen-bond acceptors (Lipinski definition) is 9. The molecule has 1 atom stereocenters. The summed E-state index contributed by atoms with van der Waals surface area (Å²) in [5.41, 5.74) is 6.60. The minimum absolute atomic E-state index is 0.0781. The van der Waals surface area contributed by atoms with Crippen LogP contribution in [0.3, 0.4) is 0 Å². The van der Waals surface area contributed by atoms with Crippen LogP contribution in [0.5, 0.6) is 11.5 Å². The van der Waals surface area contributed by atoms with E-state index >= 15 is 0 Å². The van der Waals surface area contributed by atoms with Gasteiger partial charge in [-0.1, -0.05) is 31.0 Å². The van der Waals surface area contributed by atoms with Crippen molar-refractivity contribution in [2.24, 2.45) is 5.73 Å². The summed E-state index contributed by atoms with van der Waals surface area (Å²) in [4.78, 5) is 20.8. The molecule has 1 aliphatic carbocycles. The van der Waals surface area contributed by atoms with Crippen molar-refractivity contribution in [1.29, 1.82) is 0 Å². The average Bonchev–Trinajstić information content (AvgIpc) is 3.35. The van der Waals surface area contributed by atoms with Gasteiger partial charge in [0.25, 0.3) is 0 Å². The van der Waals surface area contributed by atoms with E-state index in [1.54, 1.807) is 30.3 Å². The smallest absolute Gasteiger partial charge is 0.343 e. The third kappa shape index (κ3) is 5.41. The van der Waals surface area contributed by atoms with Crippen LogP contribution in [-0.2, 0) is 0 Å². The second-order valence-corrected chi connectivity index (χ2v) is 7.93. The van der Waals surface area contributed by atoms with Crippen molar-refractivity contribution in [3.8, 4) is 11.5 Å². The molecule has 9 nitrogen and oxygen atoms in total. The SMILES string of the molecule is COc1cc(C(N)O)c(Nc2ncc(F)c(NC3CCCC3)n2)cc1OC(=O)c1ccccc1. The van der Waals surface area contributed by atoms with Crippen molar-refractivity contribution in [1.82, 2.24) is 9.97 Å². The van der Waals surface area contributed by atoms with E-state index < -0.39 is 18.0 Å². The highest BCUT2D eigenvalue weighted by molar-refractivity contribution is 5.91. The third-order valence-electron chi connectivity index (χ3n) is 5.55. The van der Waals surface area contributed by atoms with Gasteiger partial charge in [0.05, 0.1) is 24.6 Å². The predicted molar refractivity (Wildman–Crippen MR) is 125 cm³/mol. The highest BCUT2D eigenvalue weighted by Gasteiger charge is 2.21. The number of methoxy groups -OCH3 is 1. The Bertz CT molecular complexity index is 1150. The molecule has 1 heterocycles. The lowest BCUT2D eigenvalue weighted by molar-refractivity contribution is 0.0730. The minimum Gasteiger partial charge on any atom is -0.493 e. The number of nitrogens with one attached hydrogen (secondary N) is 2. The van der Waals surface area contributed by atoms with E-state index in [1.807, 2.05) is 0 Å². The Morgan fingerprint density at radius 1 is 1.21 bits per heavy atom. The topological polar surface area (TPSA) is 132 Å². The number of benzene rings is 2. The first-order chi connectivity index (χ1) is 16.4. The van der Waals surface area contributed by atoms with E-state index in [0.29, 0.717) is 5.56 Å². The maximum Gasteiger partial charge on any atom is 0.343 e. The second-order valence-electron chi connectivity index (χ2n) is 7.93. The van der Waals surface area contributed by atoms with Crippen molar-refractivity contribution < 1.29 is 23.8 Å². The van der Waals surface area contributed by atoms with Crippen molar-refractivity contribution in [2.75, 3.05) is 17.7 Å². The average molecular weight is 468 g/mol. The number of aliphatic hydroxyl groups excluding tert-OH is 1. The quantitative estimate of drug-likeness (QED) is 0.221. The summed E-state index contributed by atoms with van der Waals surface area (Å²) in [5, 5.41) is 16.2. The fraction of sp³-hybridized carbons (Fsp3) is 0.292. The standard InChI is InChI=1S/C24H26FN5O4/c1-33-19-11-16(21(26)31)18(12-20(19)34-23(32)14-7-3-2-4-8-14)29-24-27-13-17(25)22(30-24)28-15-9-5-6-10-15/h2-4,7-8,11-13,15,21,31H,5-6,9-10,26H2,1H3,(H2,27,28,29,30). The number of nitrogens with two attached hydrogens (primary N) is 1. The fourth-order valence-electron chi connectivity index (χ4n) is 3.81. The fourth-order valence-corrected chi connectivity index (χ4v) is 3.81. The number of halogens is 1. The zero-order chi connectivity index (χ0) is 24.1. The van der Waals surface area contributed by atoms with Crippen molar-refractivity contribution in [3.05, 3.63) is 65.6 Å². The molecule has 0 bridgehead atoms. The van der Waals surface area contributed by atoms with Gasteiger partial charge in [0.1, 0.15) is 6.23 Å². The number of esters is 1. The molecule has 0 aliphatic heterocycles. The lowest BCUT2D eigenvalue weighted by Crippen LogP contribution is -2.18. The molecular formula is C24H26FN5O4. The Morgan fingerprint density at radius 3 is 2.62 bits per heavy atom. The van der Waals surface area contributed by atoms with Crippen LogP contribution in [0, 0.1) is 5.82 Å². The van der Waals surface area contributed by atoms with Crippen LogP contribution in [0.1, 0.15) is 47.8 Å². The molecule has 0 radical (unpaired) electrons. The second kappa shape index (κ2) is 10.4. The molecule has 1 fully saturated rings. The summed E-state index contributed by atoms with van der Waals surface area (Å²) in [5.74, 6) is -0.707. The van der Waals surface area contributed by atoms with Gasteiger partial charge >= 0.3 is 5.97 Å². The van der Waals surface area contributed by atoms with Crippen molar-refractivity contribution in [3.63, 3.8) is 0 Å². The first-order valence-electron chi connectivity index (χ1n) is 10.9. The molecule has 10 heteroatoms. The van der Waals surface area contributed by atoms with Crippen LogP contribution < -0.4 is 25.8 Å². The van der Waals surface area contributed by atoms with E-state index in [1.165, 1.54) is 19.2 Å². The number of carbonyl (C=O) groups excluding carboxylic acids is 1. The van der Waals surface area contributed by atoms with E-state index in [0.717, 1.165) is 31.9 Å². The van der Waals surface area contributed by atoms with Gasteiger partial charge in [-0.2, -0.15) is 4.98 Å². The Kier molecular flexibility index (Phi) is 7.19. The highest BCUT2D eigenvalue weighted by Crippen LogP contribution is 2.37. The molecule has 1 saturated carbocycles. The Labute approximate surface area is 196 Å². The summed E-state index contributed by atoms with van der Waals surface area (Å²) in [6.45, 7) is 0. The summed E-state index contributed by atoms with van der Waals surface area (Å²) in [7, 11) is 1.40. The number of aromatic nitrogens is 2. The van der Waals surface area contributed by atoms with Gasteiger partial charge in [-0.05, 0) is 31.0 Å². The van der Waals surface area contributed by atoms with Crippen LogP contribution in [0.25, 0.3) is 0 Å². The largest absolute Gasteiger partial charge is 0.493 e. The first kappa shape index (κ1) is 23.4. The Morgan fingerprint density at radius 2 is 1.94 bits per heavy atom. The van der Waals surface area contributed by atoms with Gasteiger partial charge in [0.15, 0.2) is 23.1 Å². The van der Waals surface area contributed by atoms with E-state index in [9.17, 15) is 14.3 Å². The van der Waals surface area contributed by atoms with E-state index in [2.05, 4.69) is 20.6 Å². The third-order valence-corrected chi connectivity index (χ3v) is 5.55. The Balaban J connectivity index is 1.64. The lowest BCUT2D eigenvalue weighted by atomic mass is 10.1. The van der Waals surface area contributed by atoms with Crippen LogP contribution in [0.4, 0.5) is 21.8 Å². The van der Waals surface area contributed by atoms with Crippen LogP contribution >= 0.6 is 0 Å². The molecule has 178 valence electrons. The molecule has 34 heavy (non-hydrogen) atoms. The van der Waals surface area contributed by atoms with Gasteiger partial charge in [-0.15, -0.1) is 0 Å². The maximum absolute atomic E-state index is 14.3. The number of aliphatic hydroxyl groups is 1. The summed E-state index contributed by atoms with van der Waals surface area (Å²) < 4.78 is 25.1. The van der Waals surface area contributed by atoms with Gasteiger partial charge in [0.2, 0.25) is 5.95 Å². The number of anilines is 3. The summed E-state index contributed by atoms with van der Waals surface area (Å²) >= 11 is 0. The molecule has 3 aromatic rings. The lowest BCUT2D eigenvalue weighted by Gasteiger charge is -2.18. The molecule has 1 aromatic heterocycles. The summed E-state index contributed by atoms with van der Waals surface area (Å²) in [6.07, 6.45) is 3.75. The molecular weight excluding hydrogens is 441 g/mol. The molecule has 5 N–H and O–H groups in total. The molecule has 4 rings (SSSR count). The molecule has 0 saturated heterocycles. The predicted octanol–water partition coefficient (Wildman–Crippen LogP) is 3.89. The normalized spacial score (nSPS) is 14.5. The van der Waals surface area contributed by atoms with Crippen molar-refractivity contribution in [2.45, 2.75) is 38.0 Å². The molecule has 0 spiro atoms. The van der Waals surface area contributed by atoms with Gasteiger partial charge in [0, 0.05) is 17.7 Å². The van der Waals surface area contributed by atoms with Crippen LogP contribution in [0.15, 0.2) is 48.7 Å². The van der Waals surface area contributed by atoms with E-state index in [4.69, 9.17) is 15.2 Å². The molecule has 2 aromatic carbocycles. The molecule has 0 amide bonds. The monoisotopic (exact) mass is 467 g/mol. The van der Waals surface area contributed by atoms with Gasteiger partial charge < -0.3 is 30.9 Å². The van der Waals surface area contributed by atoms with Gasteiger partial charge in [-0.3, -0.25) is 0 Å². The van der Waals surface area contributed by atoms with E-state index in [-0.39, 0.29) is 40.6 Å². The number of rotatable bonds is 8. The first-order valence-corrected chi connectivity index (χ1v) is 10.9. The Hall–Kier alpha value is -3.76.